The van der Waals surface area contributed by atoms with E-state index in [4.69, 9.17) is 0 Å². The number of aromatic hydroxyl groups is 1. The molecule has 1 atom stereocenters. The molecular weight excluding hydrogens is 697 g/mol. The van der Waals surface area contributed by atoms with E-state index in [1.54, 1.807) is 11.3 Å². The van der Waals surface area contributed by atoms with Crippen LogP contribution in [0.25, 0.3) is 0 Å². The number of benzene rings is 3. The monoisotopic (exact) mass is 742 g/mol. The van der Waals surface area contributed by atoms with Gasteiger partial charge in [-0.15, -0.1) is 12.1 Å². The Morgan fingerprint density at radius 3 is 1.98 bits per heavy atom. The Kier molecular flexibility index (Phi) is 12.5. The van der Waals surface area contributed by atoms with Crippen LogP contribution in [0.1, 0.15) is 48.9 Å². The van der Waals surface area contributed by atoms with Crippen LogP contribution in [-0.4, -0.2) is 23.5 Å². The summed E-state index contributed by atoms with van der Waals surface area (Å²) < 4.78 is 3.85. The number of aromatic nitrogens is 1. The number of phenolic OH excluding ortho intramolecular Hbond substituents is 1. The Labute approximate surface area is 263 Å². The Morgan fingerprint density at radius 2 is 1.44 bits per heavy atom. The average Bonchev–Trinajstić information content (AvgIpc) is 3.16. The number of para-hydroxylation sites is 2. The first-order chi connectivity index (χ1) is 18.9. The summed E-state index contributed by atoms with van der Waals surface area (Å²) in [6, 6.07) is 27.8. The van der Waals surface area contributed by atoms with E-state index >= 15 is 0 Å². The van der Waals surface area contributed by atoms with Crippen LogP contribution in [0.2, 0.25) is 19.6 Å². The van der Waals surface area contributed by atoms with Crippen molar-refractivity contribution < 1.29 is 34.4 Å². The van der Waals surface area contributed by atoms with E-state index < -0.39 is 8.07 Å². The molecule has 1 unspecified atom stereocenters. The zero-order chi connectivity index (χ0) is 29.4. The van der Waals surface area contributed by atoms with E-state index in [0.29, 0.717) is 5.75 Å². The molecule has 0 saturated heterocycles. The molecule has 41 heavy (non-hydrogen) atoms. The molecule has 216 valence electrons. The molecule has 0 amide bonds. The predicted molar refractivity (Wildman–Crippen MR) is 172 cm³/mol. The van der Waals surface area contributed by atoms with E-state index in [9.17, 15) is 5.11 Å². The van der Waals surface area contributed by atoms with Crippen molar-refractivity contribution >= 4 is 24.7 Å². The minimum atomic E-state index is -1.24. The second-order valence-electron chi connectivity index (χ2n) is 11.8. The SMILES string of the molecule is [CH2-][N+]1=C(c2ccccc2O)C(C)c2ccccc21.[CH2-][n+]1ccc(CC(C)C)c([Si](C)(C)C)c1.[CH2-]c1ccccc1.[Ir+3]. The van der Waals surface area contributed by atoms with Gasteiger partial charge in [0.25, 0.3) is 0 Å². The standard InChI is InChI=1S/C16H15NO.C13H23NSi.C7H7.Ir/c1-11-12-7-3-5-9-14(12)17(2)16(11)13-8-4-6-10-15(13)18;1-11(2)9-12-7-8-14(3)10-13(12)15(4,5)6;1-7-5-3-2-4-6-7;/h3-11,18H,2H2,1H3;7-8,10-11H,3,9H2,1-2,4-6H3;2-6H,1H2;/q;;-1;+3. The number of pyridine rings is 1. The third kappa shape index (κ3) is 9.12. The zero-order valence-corrected chi connectivity index (χ0v) is 28.8. The molecule has 3 nitrogen and oxygen atoms in total. The molecule has 0 spiro atoms. The molecule has 5 rings (SSSR count). The van der Waals surface area contributed by atoms with Crippen molar-refractivity contribution in [3.8, 4) is 5.75 Å². The van der Waals surface area contributed by atoms with Gasteiger partial charge >= 0.3 is 20.1 Å². The molecule has 1 aliphatic heterocycles. The summed E-state index contributed by atoms with van der Waals surface area (Å²) in [5, 5.41) is 11.6. The Balaban J connectivity index is 0.000000231. The molecule has 5 heteroatoms. The van der Waals surface area contributed by atoms with Gasteiger partial charge in [0, 0.05) is 25.6 Å². The molecule has 1 aromatic heterocycles. The Morgan fingerprint density at radius 1 is 0.854 bits per heavy atom. The smallest absolute Gasteiger partial charge is 0.508 e. The molecule has 4 aromatic rings. The minimum absolute atomic E-state index is 0. The average molecular weight is 742 g/mol. The minimum Gasteiger partial charge on any atom is -0.508 e. The van der Waals surface area contributed by atoms with Gasteiger partial charge in [0.05, 0.1) is 26.2 Å². The quantitative estimate of drug-likeness (QED) is 0.130. The van der Waals surface area contributed by atoms with Gasteiger partial charge in [-0.3, -0.25) is 0 Å². The van der Waals surface area contributed by atoms with E-state index in [-0.39, 0.29) is 26.0 Å². The summed E-state index contributed by atoms with van der Waals surface area (Å²) in [6.45, 7) is 17.6. The topological polar surface area (TPSA) is 27.1 Å². The predicted octanol–water partition coefficient (Wildman–Crippen LogP) is 7.66. The van der Waals surface area contributed by atoms with Crippen molar-refractivity contribution in [2.45, 2.75) is 52.8 Å². The maximum absolute atomic E-state index is 10.0. The number of nitrogens with zero attached hydrogens (tertiary/aromatic N) is 2. The Bertz CT molecular complexity index is 1440. The van der Waals surface area contributed by atoms with Gasteiger partial charge in [-0.2, -0.15) is 24.6 Å². The summed E-state index contributed by atoms with van der Waals surface area (Å²) in [6.07, 6.45) is 5.45. The number of hydrogen-bond donors (Lipinski definition) is 1. The number of hydrogen-bond acceptors (Lipinski definition) is 1. The summed E-state index contributed by atoms with van der Waals surface area (Å²) >= 11 is 0. The molecule has 1 aliphatic rings. The second-order valence-corrected chi connectivity index (χ2v) is 16.9. The third-order valence-corrected chi connectivity index (χ3v) is 9.03. The van der Waals surface area contributed by atoms with Crippen molar-refractivity contribution in [3.63, 3.8) is 0 Å². The fourth-order valence-electron chi connectivity index (χ4n) is 5.02. The maximum atomic E-state index is 10.0. The van der Waals surface area contributed by atoms with Crippen LogP contribution in [0.4, 0.5) is 5.69 Å². The molecule has 3 aromatic carbocycles. The summed E-state index contributed by atoms with van der Waals surface area (Å²) in [5.74, 6) is 1.27. The second kappa shape index (κ2) is 15.1. The van der Waals surface area contributed by atoms with Crippen LogP contribution >= 0.6 is 0 Å². The molecule has 2 heterocycles. The molecule has 0 bridgehead atoms. The fraction of sp³-hybridized carbons (Fsp3) is 0.250. The zero-order valence-electron chi connectivity index (χ0n) is 25.4. The van der Waals surface area contributed by atoms with Gasteiger partial charge in [-0.05, 0) is 35.2 Å². The van der Waals surface area contributed by atoms with Crippen LogP contribution in [0.3, 0.4) is 0 Å². The third-order valence-electron chi connectivity index (χ3n) is 6.96. The van der Waals surface area contributed by atoms with Crippen LogP contribution in [0.5, 0.6) is 5.75 Å². The normalized spacial score (nSPS) is 13.8. The maximum Gasteiger partial charge on any atom is 3.00 e. The number of phenols is 1. The first-order valence-electron chi connectivity index (χ1n) is 14.0. The molecule has 1 N–H and O–H groups in total. The van der Waals surface area contributed by atoms with Crippen LogP contribution in [-0.2, 0) is 26.5 Å². The van der Waals surface area contributed by atoms with E-state index in [0.717, 1.165) is 28.4 Å². The largest absolute Gasteiger partial charge is 3.00 e. The van der Waals surface area contributed by atoms with Crippen molar-refractivity contribution in [3.05, 3.63) is 141 Å². The van der Waals surface area contributed by atoms with Gasteiger partial charge < -0.3 is 14.2 Å². The molecule has 0 aliphatic carbocycles. The molecular formula is C36H45IrN2OSi+2. The summed E-state index contributed by atoms with van der Waals surface area (Å²) in [5.41, 5.74) is 6.87. The van der Waals surface area contributed by atoms with Crippen molar-refractivity contribution in [2.75, 3.05) is 0 Å². The van der Waals surface area contributed by atoms with Gasteiger partial charge in [-0.25, -0.2) is 0 Å². The Hall–Kier alpha value is -3.24. The van der Waals surface area contributed by atoms with Gasteiger partial charge in [-0.1, -0.05) is 94.5 Å². The molecule has 0 radical (unpaired) electrons. The molecule has 0 saturated carbocycles. The van der Waals surface area contributed by atoms with Crippen molar-refractivity contribution in [1.82, 2.24) is 0 Å². The van der Waals surface area contributed by atoms with Crippen LogP contribution in [0, 0.1) is 26.9 Å². The number of fused-ring (bicyclic) bond motifs is 1. The summed E-state index contributed by atoms with van der Waals surface area (Å²) in [7, 11) is 6.83. The number of rotatable bonds is 4. The molecule has 0 fully saturated rings. The van der Waals surface area contributed by atoms with Crippen molar-refractivity contribution in [2.24, 2.45) is 5.92 Å². The van der Waals surface area contributed by atoms with E-state index in [1.807, 2.05) is 69.8 Å². The van der Waals surface area contributed by atoms with E-state index in [1.165, 1.54) is 17.5 Å². The van der Waals surface area contributed by atoms with E-state index in [2.05, 4.69) is 92.0 Å². The van der Waals surface area contributed by atoms with Gasteiger partial charge in [0.15, 0.2) is 0 Å². The fourth-order valence-corrected chi connectivity index (χ4v) is 6.72. The van der Waals surface area contributed by atoms with Crippen LogP contribution in [0.15, 0.2) is 97.3 Å². The van der Waals surface area contributed by atoms with Crippen molar-refractivity contribution in [1.29, 1.82) is 0 Å². The van der Waals surface area contributed by atoms with Gasteiger partial charge in [0.1, 0.15) is 11.4 Å². The first kappa shape index (κ1) is 34.0. The first-order valence-corrected chi connectivity index (χ1v) is 17.5. The van der Waals surface area contributed by atoms with Gasteiger partial charge in [0.2, 0.25) is 0 Å². The summed E-state index contributed by atoms with van der Waals surface area (Å²) in [4.78, 5) is 0. The van der Waals surface area contributed by atoms with Crippen LogP contribution < -0.4 is 9.75 Å².